The molecular formula is C16H16N2O2. The molecule has 3 rings (SSSR count). The van der Waals surface area contributed by atoms with Crippen molar-refractivity contribution in [2.75, 3.05) is 17.7 Å². The number of para-hydroxylation sites is 2. The van der Waals surface area contributed by atoms with Crippen molar-refractivity contribution < 1.29 is 9.53 Å². The molecule has 1 heterocycles. The topological polar surface area (TPSA) is 50.4 Å². The van der Waals surface area contributed by atoms with Crippen LogP contribution in [0.5, 0.6) is 5.75 Å². The fourth-order valence-corrected chi connectivity index (χ4v) is 2.40. The van der Waals surface area contributed by atoms with Gasteiger partial charge in [0, 0.05) is 0 Å². The lowest BCUT2D eigenvalue weighted by molar-refractivity contribution is -0.116. The van der Waals surface area contributed by atoms with E-state index < -0.39 is 0 Å². The molecule has 4 nitrogen and oxygen atoms in total. The second-order valence-electron chi connectivity index (χ2n) is 4.77. The van der Waals surface area contributed by atoms with Crippen molar-refractivity contribution in [3.63, 3.8) is 0 Å². The number of benzene rings is 2. The fourth-order valence-electron chi connectivity index (χ4n) is 2.40. The Balaban J connectivity index is 1.96. The quantitative estimate of drug-likeness (QED) is 0.879. The molecule has 1 aliphatic rings. The zero-order valence-electron chi connectivity index (χ0n) is 11.2. The molecule has 102 valence electrons. The van der Waals surface area contributed by atoms with E-state index >= 15 is 0 Å². The van der Waals surface area contributed by atoms with Crippen LogP contribution in [0.3, 0.4) is 0 Å². The van der Waals surface area contributed by atoms with Gasteiger partial charge in [0.1, 0.15) is 5.75 Å². The maximum atomic E-state index is 12.0. The maximum Gasteiger partial charge on any atom is 0.226 e. The average molecular weight is 268 g/mol. The third-order valence-corrected chi connectivity index (χ3v) is 3.42. The first-order valence-corrected chi connectivity index (χ1v) is 6.55. The summed E-state index contributed by atoms with van der Waals surface area (Å²) in [4.78, 5) is 12.0. The summed E-state index contributed by atoms with van der Waals surface area (Å²) in [5.74, 6) is 0.803. The number of carbonyl (C=O) groups is 1. The third-order valence-electron chi connectivity index (χ3n) is 3.42. The molecule has 20 heavy (non-hydrogen) atoms. The molecule has 0 unspecified atom stereocenters. The highest BCUT2D eigenvalue weighted by Gasteiger charge is 2.21. The molecule has 0 fully saturated rings. The van der Waals surface area contributed by atoms with E-state index in [1.807, 2.05) is 48.5 Å². The van der Waals surface area contributed by atoms with Crippen LogP contribution < -0.4 is 15.4 Å². The third kappa shape index (κ3) is 2.45. The van der Waals surface area contributed by atoms with Crippen molar-refractivity contribution in [2.45, 2.75) is 12.5 Å². The summed E-state index contributed by atoms with van der Waals surface area (Å²) < 4.78 is 5.24. The Bertz CT molecular complexity index is 640. The Morgan fingerprint density at radius 3 is 2.70 bits per heavy atom. The van der Waals surface area contributed by atoms with Crippen molar-refractivity contribution in [3.8, 4) is 5.75 Å². The summed E-state index contributed by atoms with van der Waals surface area (Å²) in [5, 5.41) is 6.34. The number of hydrogen-bond acceptors (Lipinski definition) is 3. The van der Waals surface area contributed by atoms with Crippen LogP contribution in [0.15, 0.2) is 48.5 Å². The molecule has 0 saturated heterocycles. The minimum Gasteiger partial charge on any atom is -0.497 e. The SMILES string of the molecule is COc1cccc([C@H]2CC(=O)Nc3ccccc3N2)c1. The Kier molecular flexibility index (Phi) is 3.29. The van der Waals surface area contributed by atoms with Crippen molar-refractivity contribution >= 4 is 17.3 Å². The predicted octanol–water partition coefficient (Wildman–Crippen LogP) is 3.19. The van der Waals surface area contributed by atoms with E-state index in [1.165, 1.54) is 0 Å². The van der Waals surface area contributed by atoms with Crippen LogP contribution in [0.2, 0.25) is 0 Å². The van der Waals surface area contributed by atoms with Gasteiger partial charge in [-0.1, -0.05) is 24.3 Å². The number of methoxy groups -OCH3 is 1. The summed E-state index contributed by atoms with van der Waals surface area (Å²) in [6, 6.07) is 15.5. The largest absolute Gasteiger partial charge is 0.497 e. The smallest absolute Gasteiger partial charge is 0.226 e. The molecule has 1 aliphatic heterocycles. The first-order chi connectivity index (χ1) is 9.76. The van der Waals surface area contributed by atoms with Gasteiger partial charge >= 0.3 is 0 Å². The first-order valence-electron chi connectivity index (χ1n) is 6.55. The Hall–Kier alpha value is -2.49. The molecule has 1 amide bonds. The Morgan fingerprint density at radius 2 is 1.90 bits per heavy atom. The van der Waals surface area contributed by atoms with Gasteiger partial charge in [0.2, 0.25) is 5.91 Å². The molecule has 0 aromatic heterocycles. The van der Waals surface area contributed by atoms with Crippen LogP contribution in [-0.2, 0) is 4.79 Å². The van der Waals surface area contributed by atoms with Gasteiger partial charge in [-0.3, -0.25) is 4.79 Å². The lowest BCUT2D eigenvalue weighted by atomic mass is 10.0. The van der Waals surface area contributed by atoms with Crippen LogP contribution in [0.25, 0.3) is 0 Å². The van der Waals surface area contributed by atoms with Gasteiger partial charge in [-0.25, -0.2) is 0 Å². The standard InChI is InChI=1S/C16H16N2O2/c1-20-12-6-4-5-11(9-12)15-10-16(19)18-14-8-3-2-7-13(14)17-15/h2-9,15,17H,10H2,1H3,(H,18,19)/t15-/m1/s1. The number of ether oxygens (including phenoxy) is 1. The van der Waals surface area contributed by atoms with Gasteiger partial charge in [0.05, 0.1) is 30.9 Å². The molecule has 1 atom stereocenters. The van der Waals surface area contributed by atoms with Gasteiger partial charge in [-0.2, -0.15) is 0 Å². The van der Waals surface area contributed by atoms with Crippen LogP contribution in [0, 0.1) is 0 Å². The fraction of sp³-hybridized carbons (Fsp3) is 0.188. The lowest BCUT2D eigenvalue weighted by Crippen LogP contribution is -2.15. The van der Waals surface area contributed by atoms with Gasteiger partial charge in [-0.15, -0.1) is 0 Å². The van der Waals surface area contributed by atoms with E-state index in [9.17, 15) is 4.79 Å². The Labute approximate surface area is 117 Å². The van der Waals surface area contributed by atoms with Crippen molar-refractivity contribution in [2.24, 2.45) is 0 Å². The van der Waals surface area contributed by atoms with E-state index in [4.69, 9.17) is 4.74 Å². The molecule has 0 aliphatic carbocycles. The summed E-state index contributed by atoms with van der Waals surface area (Å²) >= 11 is 0. The first kappa shape index (κ1) is 12.5. The van der Waals surface area contributed by atoms with Crippen molar-refractivity contribution in [1.82, 2.24) is 0 Å². The Morgan fingerprint density at radius 1 is 1.10 bits per heavy atom. The van der Waals surface area contributed by atoms with E-state index in [1.54, 1.807) is 7.11 Å². The molecule has 0 spiro atoms. The van der Waals surface area contributed by atoms with Crippen LogP contribution >= 0.6 is 0 Å². The molecular weight excluding hydrogens is 252 g/mol. The van der Waals surface area contributed by atoms with E-state index in [0.29, 0.717) is 6.42 Å². The van der Waals surface area contributed by atoms with Crippen molar-refractivity contribution in [1.29, 1.82) is 0 Å². The minimum atomic E-state index is -0.0613. The summed E-state index contributed by atoms with van der Waals surface area (Å²) in [6.45, 7) is 0. The van der Waals surface area contributed by atoms with E-state index in [2.05, 4.69) is 10.6 Å². The lowest BCUT2D eigenvalue weighted by Gasteiger charge is -2.17. The second kappa shape index (κ2) is 5.25. The molecule has 2 aromatic rings. The normalized spacial score (nSPS) is 17.4. The number of fused-ring (bicyclic) bond motifs is 1. The highest BCUT2D eigenvalue weighted by atomic mass is 16.5. The monoisotopic (exact) mass is 268 g/mol. The summed E-state index contributed by atoms with van der Waals surface area (Å²) in [5.41, 5.74) is 2.80. The van der Waals surface area contributed by atoms with E-state index in [-0.39, 0.29) is 11.9 Å². The summed E-state index contributed by atoms with van der Waals surface area (Å²) in [7, 11) is 1.64. The van der Waals surface area contributed by atoms with Gasteiger partial charge in [0.15, 0.2) is 0 Å². The molecule has 0 saturated carbocycles. The average Bonchev–Trinajstić information content (AvgIpc) is 2.65. The number of anilines is 2. The molecule has 4 heteroatoms. The zero-order valence-corrected chi connectivity index (χ0v) is 11.2. The minimum absolute atomic E-state index is 0.00951. The number of nitrogens with one attached hydrogen (secondary N) is 2. The number of hydrogen-bond donors (Lipinski definition) is 2. The number of amides is 1. The molecule has 0 bridgehead atoms. The highest BCUT2D eigenvalue weighted by Crippen LogP contribution is 2.32. The summed E-state index contributed by atoms with van der Waals surface area (Å²) in [6.07, 6.45) is 0.391. The van der Waals surface area contributed by atoms with Gasteiger partial charge in [0.25, 0.3) is 0 Å². The van der Waals surface area contributed by atoms with Crippen molar-refractivity contribution in [3.05, 3.63) is 54.1 Å². The number of rotatable bonds is 2. The predicted molar refractivity (Wildman–Crippen MR) is 79.0 cm³/mol. The highest BCUT2D eigenvalue weighted by molar-refractivity contribution is 5.96. The molecule has 2 N–H and O–H groups in total. The number of carbonyl (C=O) groups excluding carboxylic acids is 1. The van der Waals surface area contributed by atoms with Gasteiger partial charge < -0.3 is 15.4 Å². The van der Waals surface area contributed by atoms with Crippen LogP contribution in [-0.4, -0.2) is 13.0 Å². The van der Waals surface area contributed by atoms with Crippen LogP contribution in [0.1, 0.15) is 18.0 Å². The van der Waals surface area contributed by atoms with Crippen LogP contribution in [0.4, 0.5) is 11.4 Å². The van der Waals surface area contributed by atoms with Gasteiger partial charge in [-0.05, 0) is 29.8 Å². The maximum absolute atomic E-state index is 12.0. The second-order valence-corrected chi connectivity index (χ2v) is 4.77. The molecule has 2 aromatic carbocycles. The molecule has 0 radical (unpaired) electrons. The van der Waals surface area contributed by atoms with E-state index in [0.717, 1.165) is 22.7 Å². The zero-order chi connectivity index (χ0) is 13.9.